The Hall–Kier alpha value is -3.67. The van der Waals surface area contributed by atoms with E-state index < -0.39 is 23.4 Å². The van der Waals surface area contributed by atoms with Crippen molar-refractivity contribution in [2.24, 2.45) is 5.73 Å². The average Bonchev–Trinajstić information content (AvgIpc) is 2.72. The number of aromatic nitrogens is 1. The van der Waals surface area contributed by atoms with Crippen molar-refractivity contribution in [1.29, 1.82) is 5.26 Å². The van der Waals surface area contributed by atoms with E-state index in [4.69, 9.17) is 15.7 Å². The van der Waals surface area contributed by atoms with Gasteiger partial charge in [-0.05, 0) is 57.9 Å². The van der Waals surface area contributed by atoms with E-state index in [0.717, 1.165) is 0 Å². The largest absolute Gasteiger partial charge is 0.444 e. The first-order valence-electron chi connectivity index (χ1n) is 10.3. The van der Waals surface area contributed by atoms with E-state index >= 15 is 0 Å². The van der Waals surface area contributed by atoms with Crippen LogP contribution in [0.2, 0.25) is 0 Å². The molecule has 2 amide bonds. The van der Waals surface area contributed by atoms with Gasteiger partial charge in [0, 0.05) is 24.7 Å². The number of piperidine rings is 1. The molecule has 1 saturated heterocycles. The number of anilines is 1. The molecule has 0 spiro atoms. The van der Waals surface area contributed by atoms with Gasteiger partial charge in [-0.2, -0.15) is 5.26 Å². The van der Waals surface area contributed by atoms with E-state index in [-0.39, 0.29) is 17.2 Å². The number of nitriles is 1. The third-order valence-corrected chi connectivity index (χ3v) is 5.04. The number of carbonyl (C=O) groups is 2. The van der Waals surface area contributed by atoms with Crippen molar-refractivity contribution in [3.63, 3.8) is 0 Å². The maximum atomic E-state index is 14.1. The summed E-state index contributed by atoms with van der Waals surface area (Å²) >= 11 is 0. The zero-order valence-electron chi connectivity index (χ0n) is 18.3. The van der Waals surface area contributed by atoms with Crippen LogP contribution in [-0.4, -0.2) is 41.7 Å². The summed E-state index contributed by atoms with van der Waals surface area (Å²) in [4.78, 5) is 30.5. The third kappa shape index (κ3) is 5.52. The summed E-state index contributed by atoms with van der Waals surface area (Å²) in [5.41, 5.74) is 6.13. The minimum absolute atomic E-state index is 0.0534. The second-order valence-electron chi connectivity index (χ2n) is 8.65. The van der Waals surface area contributed by atoms with Crippen molar-refractivity contribution in [1.82, 2.24) is 10.3 Å². The van der Waals surface area contributed by atoms with Gasteiger partial charge in [-0.15, -0.1) is 0 Å². The van der Waals surface area contributed by atoms with Crippen LogP contribution in [-0.2, 0) is 4.74 Å². The minimum Gasteiger partial charge on any atom is -0.444 e. The molecular weight excluding hydrogens is 413 g/mol. The Morgan fingerprint density at radius 3 is 2.50 bits per heavy atom. The summed E-state index contributed by atoms with van der Waals surface area (Å²) in [6, 6.07) is 9.13. The number of pyridine rings is 1. The number of rotatable bonds is 4. The topological polar surface area (TPSA) is 121 Å². The molecule has 1 aliphatic heterocycles. The first kappa shape index (κ1) is 23.0. The van der Waals surface area contributed by atoms with Gasteiger partial charge in [-0.3, -0.25) is 4.79 Å². The first-order valence-corrected chi connectivity index (χ1v) is 10.3. The van der Waals surface area contributed by atoms with Gasteiger partial charge in [-0.1, -0.05) is 6.07 Å². The van der Waals surface area contributed by atoms with Crippen LogP contribution < -0.4 is 16.0 Å². The van der Waals surface area contributed by atoms with Gasteiger partial charge in [0.15, 0.2) is 0 Å². The Kier molecular flexibility index (Phi) is 6.63. The van der Waals surface area contributed by atoms with Crippen LogP contribution in [0.25, 0.3) is 11.3 Å². The molecule has 2 heterocycles. The molecule has 9 heteroatoms. The molecule has 1 aromatic heterocycles. The first-order chi connectivity index (χ1) is 15.1. The molecule has 3 N–H and O–H groups in total. The maximum absolute atomic E-state index is 14.1. The van der Waals surface area contributed by atoms with Crippen LogP contribution in [0.1, 0.15) is 49.5 Å². The van der Waals surface area contributed by atoms with Crippen molar-refractivity contribution in [3.8, 4) is 17.3 Å². The number of nitrogens with zero attached hydrogens (tertiary/aromatic N) is 3. The molecule has 8 nitrogen and oxygen atoms in total. The molecule has 0 radical (unpaired) electrons. The lowest BCUT2D eigenvalue weighted by Gasteiger charge is -2.34. The van der Waals surface area contributed by atoms with E-state index in [1.165, 1.54) is 12.1 Å². The number of nitrogens with one attached hydrogen (secondary N) is 1. The molecule has 3 rings (SSSR count). The normalized spacial score (nSPS) is 14.5. The van der Waals surface area contributed by atoms with Crippen LogP contribution >= 0.6 is 0 Å². The van der Waals surface area contributed by atoms with Crippen LogP contribution in [0.15, 0.2) is 30.3 Å². The Balaban J connectivity index is 1.78. The highest BCUT2D eigenvalue weighted by atomic mass is 19.1. The lowest BCUT2D eigenvalue weighted by Crippen LogP contribution is -2.46. The summed E-state index contributed by atoms with van der Waals surface area (Å²) in [6.45, 7) is 6.49. The highest BCUT2D eigenvalue weighted by Gasteiger charge is 2.26. The molecule has 0 saturated carbocycles. The number of alkyl carbamates (subject to hydrolysis) is 1. The predicted octanol–water partition coefficient (Wildman–Crippen LogP) is 3.35. The number of carbonyl (C=O) groups excluding carboxylic acids is 2. The molecular formula is C23H26FN5O3. The lowest BCUT2D eigenvalue weighted by molar-refractivity contribution is 0.0497. The van der Waals surface area contributed by atoms with Crippen molar-refractivity contribution >= 4 is 17.8 Å². The van der Waals surface area contributed by atoms with Crippen molar-refractivity contribution < 1.29 is 18.7 Å². The minimum atomic E-state index is -0.638. The van der Waals surface area contributed by atoms with Crippen molar-refractivity contribution in [2.45, 2.75) is 45.3 Å². The fraction of sp³-hybridized carbons (Fsp3) is 0.391. The van der Waals surface area contributed by atoms with Gasteiger partial charge in [0.2, 0.25) is 0 Å². The van der Waals surface area contributed by atoms with Crippen LogP contribution in [0.4, 0.5) is 15.0 Å². The number of ether oxygens (including phenoxy) is 1. The standard InChI is InChI=1S/C23H26FN5O3/c1-23(2,3)32-22(31)27-16-8-10-29(11-9-16)21-17(20(26)30)6-7-19(28-21)14-4-5-15(13-25)18(24)12-14/h4-7,12,16H,8-11H2,1-3H3,(H2,26,30)(H,27,31). The Labute approximate surface area is 186 Å². The molecule has 1 aliphatic rings. The van der Waals surface area contributed by atoms with Gasteiger partial charge in [0.25, 0.3) is 5.91 Å². The van der Waals surface area contributed by atoms with Crippen LogP contribution in [0, 0.1) is 17.1 Å². The summed E-state index contributed by atoms with van der Waals surface area (Å²) in [5, 5.41) is 11.8. The van der Waals surface area contributed by atoms with E-state index in [1.807, 2.05) is 4.90 Å². The summed E-state index contributed by atoms with van der Waals surface area (Å²) in [7, 11) is 0. The second-order valence-corrected chi connectivity index (χ2v) is 8.65. The third-order valence-electron chi connectivity index (χ3n) is 5.04. The SMILES string of the molecule is CC(C)(C)OC(=O)NC1CCN(c2nc(-c3ccc(C#N)c(F)c3)ccc2C(N)=O)CC1. The van der Waals surface area contributed by atoms with Gasteiger partial charge in [0.05, 0.1) is 16.8 Å². The van der Waals surface area contributed by atoms with Crippen LogP contribution in [0.5, 0.6) is 0 Å². The molecule has 0 unspecified atom stereocenters. The van der Waals surface area contributed by atoms with Gasteiger partial charge < -0.3 is 20.7 Å². The number of benzene rings is 1. The van der Waals surface area contributed by atoms with E-state index in [2.05, 4.69) is 10.3 Å². The Morgan fingerprint density at radius 2 is 1.94 bits per heavy atom. The Morgan fingerprint density at radius 1 is 1.25 bits per heavy atom. The quantitative estimate of drug-likeness (QED) is 0.753. The molecule has 1 fully saturated rings. The molecule has 168 valence electrons. The van der Waals surface area contributed by atoms with E-state index in [9.17, 15) is 14.0 Å². The van der Waals surface area contributed by atoms with Crippen LogP contribution in [0.3, 0.4) is 0 Å². The Bertz CT molecular complexity index is 1070. The number of halogens is 1. The monoisotopic (exact) mass is 439 g/mol. The maximum Gasteiger partial charge on any atom is 0.407 e. The number of hydrogen-bond donors (Lipinski definition) is 2. The molecule has 1 aromatic carbocycles. The predicted molar refractivity (Wildman–Crippen MR) is 117 cm³/mol. The fourth-order valence-electron chi connectivity index (χ4n) is 3.52. The highest BCUT2D eigenvalue weighted by molar-refractivity contribution is 5.98. The lowest BCUT2D eigenvalue weighted by atomic mass is 10.0. The zero-order chi connectivity index (χ0) is 23.5. The number of primary amides is 1. The second kappa shape index (κ2) is 9.22. The van der Waals surface area contributed by atoms with Gasteiger partial charge in [-0.25, -0.2) is 14.2 Å². The summed E-state index contributed by atoms with van der Waals surface area (Å²) in [5.74, 6) is -0.837. The molecule has 32 heavy (non-hydrogen) atoms. The van der Waals surface area contributed by atoms with Gasteiger partial charge in [0.1, 0.15) is 23.3 Å². The zero-order valence-corrected chi connectivity index (χ0v) is 18.3. The number of nitrogens with two attached hydrogens (primary N) is 1. The molecule has 0 aliphatic carbocycles. The van der Waals surface area contributed by atoms with Crippen molar-refractivity contribution in [3.05, 3.63) is 47.3 Å². The fourth-order valence-corrected chi connectivity index (χ4v) is 3.52. The van der Waals surface area contributed by atoms with Crippen molar-refractivity contribution in [2.75, 3.05) is 18.0 Å². The average molecular weight is 439 g/mol. The van der Waals surface area contributed by atoms with E-state index in [1.54, 1.807) is 45.0 Å². The van der Waals surface area contributed by atoms with E-state index in [0.29, 0.717) is 43.0 Å². The molecule has 2 aromatic rings. The number of amides is 2. The molecule has 0 bridgehead atoms. The van der Waals surface area contributed by atoms with Gasteiger partial charge >= 0.3 is 6.09 Å². The number of hydrogen-bond acceptors (Lipinski definition) is 6. The highest BCUT2D eigenvalue weighted by Crippen LogP contribution is 2.27. The smallest absolute Gasteiger partial charge is 0.407 e. The summed E-state index contributed by atoms with van der Waals surface area (Å²) < 4.78 is 19.4. The summed E-state index contributed by atoms with van der Waals surface area (Å²) in [6.07, 6.45) is 0.806. The molecule has 0 atom stereocenters.